The Labute approximate surface area is 460 Å². The van der Waals surface area contributed by atoms with Crippen LogP contribution in [-0.4, -0.2) is 88.1 Å². The molecular formula is C51H53N9O16S4. The highest BCUT2D eigenvalue weighted by atomic mass is 32.2. The molecule has 25 nitrogen and oxygen atoms in total. The van der Waals surface area contributed by atoms with Gasteiger partial charge in [-0.05, 0) is 172 Å². The van der Waals surface area contributed by atoms with Crippen LogP contribution in [0.2, 0.25) is 0 Å². The number of ether oxygens (including phenoxy) is 2. The van der Waals surface area contributed by atoms with E-state index < -0.39 is 68.3 Å². The zero-order valence-electron chi connectivity index (χ0n) is 43.5. The molecule has 0 unspecified atom stereocenters. The smallest absolute Gasteiger partial charge is 0.296 e. The summed E-state index contributed by atoms with van der Waals surface area (Å²) in [4.78, 5) is 10.2. The van der Waals surface area contributed by atoms with Gasteiger partial charge in [-0.3, -0.25) is 23.0 Å². The average Bonchev–Trinajstić information content (AvgIpc) is 3.52. The highest BCUT2D eigenvalue weighted by Gasteiger charge is 2.23. The Morgan fingerprint density at radius 2 is 1.09 bits per heavy atom. The van der Waals surface area contributed by atoms with Gasteiger partial charge >= 0.3 is 0 Å². The van der Waals surface area contributed by atoms with Crippen molar-refractivity contribution < 1.29 is 71.3 Å². The maximum absolute atomic E-state index is 12.4. The Balaban J connectivity index is 1.26. The molecule has 0 aliphatic heterocycles. The average molecular weight is 1180 g/mol. The van der Waals surface area contributed by atoms with E-state index in [2.05, 4.69) is 46.2 Å². The Hall–Kier alpha value is -8.03. The van der Waals surface area contributed by atoms with Crippen LogP contribution in [0.3, 0.4) is 0 Å². The van der Waals surface area contributed by atoms with Crippen LogP contribution >= 0.6 is 0 Å². The number of nitrogens with zero attached hydrogens (tertiary/aromatic N) is 8. The van der Waals surface area contributed by atoms with E-state index >= 15 is 0 Å². The summed E-state index contributed by atoms with van der Waals surface area (Å²) in [6.07, 6.45) is 3.02. The molecule has 6 rings (SSSR count). The zero-order chi connectivity index (χ0) is 58.7. The minimum atomic E-state index is -4.93. The minimum absolute atomic E-state index is 0.0420. The lowest BCUT2D eigenvalue weighted by Gasteiger charge is -2.13. The Kier molecular flexibility index (Phi) is 19.8. The number of rotatable bonds is 24. The summed E-state index contributed by atoms with van der Waals surface area (Å²) in [5, 5.41) is 49.4. The third kappa shape index (κ3) is 17.2. The molecule has 0 fully saturated rings. The molecule has 29 heteroatoms. The first-order chi connectivity index (χ1) is 37.5. The molecule has 0 radical (unpaired) electrons. The summed E-state index contributed by atoms with van der Waals surface area (Å²) in [5.41, 5.74) is 5.77. The van der Waals surface area contributed by atoms with Gasteiger partial charge in [-0.1, -0.05) is 6.07 Å². The number of phenolic OH excluding ortho intramolecular Hbond substituents is 1. The number of azo groups is 4. The third-order valence-electron chi connectivity index (χ3n) is 11.5. The van der Waals surface area contributed by atoms with Crippen molar-refractivity contribution in [2.75, 3.05) is 30.0 Å². The van der Waals surface area contributed by atoms with Crippen molar-refractivity contribution in [3.8, 4) is 11.5 Å². The fourth-order valence-electron chi connectivity index (χ4n) is 7.49. The zero-order valence-corrected chi connectivity index (χ0v) is 46.8. The molecule has 0 aliphatic rings. The van der Waals surface area contributed by atoms with E-state index in [1.54, 1.807) is 96.1 Å². The molecule has 0 saturated carbocycles. The van der Waals surface area contributed by atoms with Crippen molar-refractivity contribution in [2.45, 2.75) is 59.3 Å². The lowest BCUT2D eigenvalue weighted by atomic mass is 10.0. The van der Waals surface area contributed by atoms with Gasteiger partial charge in [-0.25, -0.2) is 0 Å². The molecule has 0 spiro atoms. The second-order valence-electron chi connectivity index (χ2n) is 17.7. The summed E-state index contributed by atoms with van der Waals surface area (Å²) in [6.45, 7) is 10.0. The molecule has 6 aromatic rings. The number of amides is 1. The van der Waals surface area contributed by atoms with Crippen LogP contribution in [0.4, 0.5) is 51.2 Å². The van der Waals surface area contributed by atoms with E-state index in [1.165, 1.54) is 24.3 Å². The number of aromatic hydroxyl groups is 1. The molecule has 0 aromatic heterocycles. The second kappa shape index (κ2) is 25.8. The number of hydrogen-bond acceptors (Lipinski definition) is 20. The molecule has 0 aliphatic carbocycles. The normalized spacial score (nSPS) is 13.0. The van der Waals surface area contributed by atoms with Gasteiger partial charge in [0.25, 0.3) is 40.5 Å². The van der Waals surface area contributed by atoms with Crippen molar-refractivity contribution in [3.63, 3.8) is 0 Å². The van der Waals surface area contributed by atoms with Gasteiger partial charge in [0.05, 0.1) is 64.3 Å². The van der Waals surface area contributed by atoms with Crippen LogP contribution in [0.1, 0.15) is 58.7 Å². The van der Waals surface area contributed by atoms with Gasteiger partial charge in [-0.2, -0.15) is 64.4 Å². The molecule has 422 valence electrons. The largest absolute Gasteiger partial charge is 0.505 e. The molecule has 80 heavy (non-hydrogen) atoms. The second-order valence-corrected chi connectivity index (χ2v) is 23.6. The standard InChI is InChI=1S/C51H53N9O16S4/c1-7-47(75-15-8-17-77(63,64)65)40-27-38(11-10-35(40)14-19-79(69,70)71)53-54-41-20-31(3)42(21-30(41)2)55-57-45-28-48(76-16-9-18-78(66,67)68)46(24-34(45)6)59-56-43-22-33(5)44(23-32(43)4)58-60-50-49(80(72,73)74)26-36-25-37(52-29-61)12-13-39(36)51(50)62/h7,10-14,19-29,62H,8-9,15-18H2,1-6H3,(H,52,61)(H,63,64,65)(H,66,67,68)(H,69,70,71)(H,72,73,74)/b19-14+,47-7+,54-53?,57-55?,59-56?,60-58+. The van der Waals surface area contributed by atoms with Crippen molar-refractivity contribution in [2.24, 2.45) is 40.9 Å². The molecule has 1 amide bonds. The number of phenols is 1. The maximum atomic E-state index is 12.4. The van der Waals surface area contributed by atoms with Crippen molar-refractivity contribution in [3.05, 3.63) is 129 Å². The number of carbonyl (C=O) groups excluding carboxylic acids is 1. The summed E-state index contributed by atoms with van der Waals surface area (Å²) in [6, 6.07) is 19.9. The van der Waals surface area contributed by atoms with E-state index in [4.69, 9.17) is 14.0 Å². The molecular weight excluding hydrogens is 1120 g/mol. The first kappa shape index (κ1) is 61.2. The minimum Gasteiger partial charge on any atom is -0.505 e. The lowest BCUT2D eigenvalue weighted by Crippen LogP contribution is -2.08. The van der Waals surface area contributed by atoms with Crippen molar-refractivity contribution in [1.29, 1.82) is 0 Å². The Morgan fingerprint density at radius 3 is 1.60 bits per heavy atom. The SMILES string of the molecule is C/C=C(/OCCCS(=O)(=O)O)c1cc(N=Nc2cc(C)c(N=Nc3cc(OCCCS(=O)(=O)O)c(N=Nc4cc(C)c(/N=N/c5c(S(=O)(=O)O)cc6cc(NC=O)ccc6c5O)cc4C)cc3C)cc2C)ccc1/C=C/S(=O)(=O)O. The van der Waals surface area contributed by atoms with Crippen LogP contribution in [-0.2, 0) is 50.0 Å². The molecule has 6 N–H and O–H groups in total. The highest BCUT2D eigenvalue weighted by molar-refractivity contribution is 7.89. The number of fused-ring (bicyclic) bond motifs is 1. The highest BCUT2D eigenvalue weighted by Crippen LogP contribution is 2.43. The number of allylic oxidation sites excluding steroid dienone is 1. The number of anilines is 1. The lowest BCUT2D eigenvalue weighted by molar-refractivity contribution is -0.105. The number of hydrogen-bond donors (Lipinski definition) is 6. The van der Waals surface area contributed by atoms with Gasteiger partial charge in [0.2, 0.25) is 6.41 Å². The van der Waals surface area contributed by atoms with E-state index in [-0.39, 0.29) is 59.7 Å². The fourth-order valence-corrected chi connectivity index (χ4v) is 9.43. The molecule has 6 aromatic carbocycles. The number of nitrogens with one attached hydrogen (secondary N) is 1. The first-order valence-corrected chi connectivity index (χ1v) is 29.8. The van der Waals surface area contributed by atoms with Gasteiger partial charge < -0.3 is 19.9 Å². The Morgan fingerprint density at radius 1 is 0.588 bits per heavy atom. The number of aryl methyl sites for hydroxylation is 5. The number of benzene rings is 6. The van der Waals surface area contributed by atoms with Gasteiger partial charge in [-0.15, -0.1) is 10.2 Å². The van der Waals surface area contributed by atoms with Gasteiger partial charge in [0.15, 0.2) is 5.75 Å². The van der Waals surface area contributed by atoms with Crippen LogP contribution in [0, 0.1) is 34.6 Å². The monoisotopic (exact) mass is 1180 g/mol. The summed E-state index contributed by atoms with van der Waals surface area (Å²) in [7, 11) is -18.0. The summed E-state index contributed by atoms with van der Waals surface area (Å²) in [5.74, 6) is -1.33. The third-order valence-corrected chi connectivity index (χ3v) is 14.5. The molecule has 0 atom stereocenters. The molecule has 0 heterocycles. The quantitative estimate of drug-likeness (QED) is 0.0108. The van der Waals surface area contributed by atoms with Crippen LogP contribution in [0.5, 0.6) is 11.5 Å². The topological polar surface area (TPSA) is 384 Å². The maximum Gasteiger partial charge on any atom is 0.296 e. The van der Waals surface area contributed by atoms with Gasteiger partial charge in [0.1, 0.15) is 27.8 Å². The summed E-state index contributed by atoms with van der Waals surface area (Å²) < 4.78 is 143. The van der Waals surface area contributed by atoms with Crippen LogP contribution in [0.15, 0.2) is 136 Å². The summed E-state index contributed by atoms with van der Waals surface area (Å²) >= 11 is 0. The molecule has 0 saturated heterocycles. The Bertz CT molecular complexity index is 4050. The van der Waals surface area contributed by atoms with Crippen LogP contribution in [0.25, 0.3) is 22.6 Å². The first-order valence-electron chi connectivity index (χ1n) is 23.7. The predicted molar refractivity (Wildman–Crippen MR) is 299 cm³/mol. The van der Waals surface area contributed by atoms with E-state index in [0.29, 0.717) is 84.9 Å². The predicted octanol–water partition coefficient (Wildman–Crippen LogP) is 12.7. The van der Waals surface area contributed by atoms with E-state index in [9.17, 15) is 57.2 Å². The molecule has 0 bridgehead atoms. The van der Waals surface area contributed by atoms with Gasteiger partial charge in [0, 0.05) is 22.7 Å². The van der Waals surface area contributed by atoms with Crippen LogP contribution < -0.4 is 10.1 Å². The fraction of sp³-hybridized carbons (Fsp3) is 0.235. The van der Waals surface area contributed by atoms with Crippen molar-refractivity contribution in [1.82, 2.24) is 0 Å². The van der Waals surface area contributed by atoms with Crippen molar-refractivity contribution >= 4 is 121 Å². The number of carbonyl (C=O) groups is 1. The van der Waals surface area contributed by atoms with E-state index in [0.717, 1.165) is 12.1 Å². The van der Waals surface area contributed by atoms with E-state index in [1.807, 2.05) is 0 Å².